The number of urea groups is 1. The quantitative estimate of drug-likeness (QED) is 0.391. The molecule has 10 nitrogen and oxygen atoms in total. The SMILES string of the molecule is Cc1nc(-c2cccc(NC(=O)N[C@H](C)c3onc(-c4ccc(F)cc4)c3C(=O)O)c2)no1. The Morgan fingerprint density at radius 2 is 1.82 bits per heavy atom. The summed E-state index contributed by atoms with van der Waals surface area (Å²) in [5.74, 6) is -1.01. The summed E-state index contributed by atoms with van der Waals surface area (Å²) in [4.78, 5) is 28.5. The standard InChI is InChI=1S/C22H18FN5O5/c1-11(19-17(21(29)30)18(27-33-19)13-6-8-15(23)9-7-13)24-22(31)26-16-5-3-4-14(10-16)20-25-12(2)32-28-20/h3-11H,1-2H3,(H,29,30)(H2,24,26,31)/t11-/m1/s1. The fourth-order valence-corrected chi connectivity index (χ4v) is 3.19. The Labute approximate surface area is 186 Å². The lowest BCUT2D eigenvalue weighted by Gasteiger charge is -2.13. The van der Waals surface area contributed by atoms with E-state index >= 15 is 0 Å². The Hall–Kier alpha value is -4.54. The summed E-state index contributed by atoms with van der Waals surface area (Å²) >= 11 is 0. The monoisotopic (exact) mass is 451 g/mol. The second kappa shape index (κ2) is 8.91. The number of carboxylic acid groups (broad SMARTS) is 1. The second-order valence-corrected chi connectivity index (χ2v) is 7.12. The molecule has 168 valence electrons. The number of carboxylic acids is 1. The molecular weight excluding hydrogens is 433 g/mol. The zero-order valence-electron chi connectivity index (χ0n) is 17.5. The first kappa shape index (κ1) is 21.7. The van der Waals surface area contributed by atoms with E-state index < -0.39 is 23.9 Å². The van der Waals surface area contributed by atoms with Gasteiger partial charge in [0.15, 0.2) is 5.76 Å². The average Bonchev–Trinajstić information content (AvgIpc) is 3.41. The van der Waals surface area contributed by atoms with Gasteiger partial charge in [-0.3, -0.25) is 0 Å². The van der Waals surface area contributed by atoms with Crippen molar-refractivity contribution in [1.29, 1.82) is 0 Å². The largest absolute Gasteiger partial charge is 0.477 e. The Morgan fingerprint density at radius 1 is 1.06 bits per heavy atom. The number of nitrogens with one attached hydrogen (secondary N) is 2. The number of carbonyl (C=O) groups excluding carboxylic acids is 1. The summed E-state index contributed by atoms with van der Waals surface area (Å²) in [6.07, 6.45) is 0. The predicted octanol–water partition coefficient (Wildman–Crippen LogP) is 4.42. The van der Waals surface area contributed by atoms with Crippen LogP contribution in [0.3, 0.4) is 0 Å². The second-order valence-electron chi connectivity index (χ2n) is 7.12. The molecule has 0 spiro atoms. The van der Waals surface area contributed by atoms with Crippen molar-refractivity contribution in [2.24, 2.45) is 0 Å². The van der Waals surface area contributed by atoms with Gasteiger partial charge >= 0.3 is 12.0 Å². The van der Waals surface area contributed by atoms with E-state index in [1.165, 1.54) is 24.3 Å². The molecule has 2 amide bonds. The molecule has 2 aromatic carbocycles. The van der Waals surface area contributed by atoms with Gasteiger partial charge in [-0.2, -0.15) is 4.98 Å². The number of aromatic carboxylic acids is 1. The van der Waals surface area contributed by atoms with Crippen molar-refractivity contribution in [3.63, 3.8) is 0 Å². The molecule has 2 aromatic heterocycles. The maximum atomic E-state index is 13.2. The molecule has 0 aliphatic rings. The van der Waals surface area contributed by atoms with Crippen LogP contribution in [0.2, 0.25) is 0 Å². The molecule has 0 unspecified atom stereocenters. The smallest absolute Gasteiger partial charge is 0.341 e. The van der Waals surface area contributed by atoms with E-state index in [1.807, 2.05) is 0 Å². The van der Waals surface area contributed by atoms with E-state index in [-0.39, 0.29) is 17.0 Å². The third kappa shape index (κ3) is 4.71. The molecule has 1 atom stereocenters. The fraction of sp³-hybridized carbons (Fsp3) is 0.136. The number of nitrogens with zero attached hydrogens (tertiary/aromatic N) is 3. The van der Waals surface area contributed by atoms with Crippen LogP contribution in [0.25, 0.3) is 22.6 Å². The van der Waals surface area contributed by atoms with Crippen LogP contribution in [0, 0.1) is 12.7 Å². The van der Waals surface area contributed by atoms with Gasteiger partial charge in [0.05, 0.1) is 6.04 Å². The molecule has 4 rings (SSSR count). The maximum Gasteiger partial charge on any atom is 0.341 e. The van der Waals surface area contributed by atoms with Crippen LogP contribution >= 0.6 is 0 Å². The Morgan fingerprint density at radius 3 is 2.48 bits per heavy atom. The van der Waals surface area contributed by atoms with Crippen molar-refractivity contribution >= 4 is 17.7 Å². The third-order valence-electron chi connectivity index (χ3n) is 4.70. The minimum absolute atomic E-state index is 0.0367. The Balaban J connectivity index is 1.50. The zero-order valence-corrected chi connectivity index (χ0v) is 17.5. The molecule has 0 radical (unpaired) electrons. The lowest BCUT2D eigenvalue weighted by atomic mass is 10.0. The normalized spacial score (nSPS) is 11.7. The highest BCUT2D eigenvalue weighted by molar-refractivity contribution is 5.96. The molecule has 0 saturated carbocycles. The van der Waals surface area contributed by atoms with Crippen molar-refractivity contribution in [3.05, 3.63) is 71.6 Å². The van der Waals surface area contributed by atoms with Gasteiger partial charge < -0.3 is 24.8 Å². The highest BCUT2D eigenvalue weighted by Crippen LogP contribution is 2.29. The number of aromatic nitrogens is 3. The predicted molar refractivity (Wildman–Crippen MR) is 114 cm³/mol. The van der Waals surface area contributed by atoms with Crippen LogP contribution < -0.4 is 10.6 Å². The number of carbonyl (C=O) groups is 2. The van der Waals surface area contributed by atoms with E-state index in [4.69, 9.17) is 9.05 Å². The zero-order chi connectivity index (χ0) is 23.5. The summed E-state index contributed by atoms with van der Waals surface area (Å²) in [6.45, 7) is 3.23. The van der Waals surface area contributed by atoms with E-state index in [2.05, 4.69) is 25.9 Å². The summed E-state index contributed by atoms with van der Waals surface area (Å²) in [5, 5.41) is 22.6. The molecule has 0 aliphatic carbocycles. The molecule has 11 heteroatoms. The van der Waals surface area contributed by atoms with Gasteiger partial charge in [0, 0.05) is 23.7 Å². The molecule has 3 N–H and O–H groups in total. The van der Waals surface area contributed by atoms with Gasteiger partial charge in [-0.25, -0.2) is 14.0 Å². The molecule has 0 bridgehead atoms. The highest BCUT2D eigenvalue weighted by Gasteiger charge is 2.28. The van der Waals surface area contributed by atoms with Crippen LogP contribution in [0.4, 0.5) is 14.9 Å². The third-order valence-corrected chi connectivity index (χ3v) is 4.70. The first-order valence-corrected chi connectivity index (χ1v) is 9.79. The Bertz CT molecular complexity index is 1310. The minimum Gasteiger partial charge on any atom is -0.477 e. The lowest BCUT2D eigenvalue weighted by molar-refractivity contribution is 0.0694. The van der Waals surface area contributed by atoms with Gasteiger partial charge in [-0.05, 0) is 43.3 Å². The number of halogens is 1. The number of rotatable bonds is 6. The van der Waals surface area contributed by atoms with Crippen molar-refractivity contribution in [1.82, 2.24) is 20.6 Å². The van der Waals surface area contributed by atoms with Gasteiger partial charge in [0.25, 0.3) is 0 Å². The van der Waals surface area contributed by atoms with Gasteiger partial charge in [0.2, 0.25) is 11.7 Å². The number of anilines is 1. The summed E-state index contributed by atoms with van der Waals surface area (Å²) in [6, 6.07) is 10.6. The fourth-order valence-electron chi connectivity index (χ4n) is 3.19. The van der Waals surface area contributed by atoms with Crippen LogP contribution in [-0.2, 0) is 0 Å². The molecule has 0 saturated heterocycles. The van der Waals surface area contributed by atoms with Gasteiger partial charge in [-0.1, -0.05) is 22.4 Å². The molecule has 0 fully saturated rings. The minimum atomic E-state index is -1.29. The number of aryl methyl sites for hydroxylation is 1. The summed E-state index contributed by atoms with van der Waals surface area (Å²) in [5.41, 5.74) is 1.29. The molecule has 2 heterocycles. The van der Waals surface area contributed by atoms with Crippen molar-refractivity contribution < 1.29 is 28.1 Å². The Kier molecular flexibility index (Phi) is 5.85. The van der Waals surface area contributed by atoms with Gasteiger partial charge in [0.1, 0.15) is 17.1 Å². The molecular formula is C22H18FN5O5. The van der Waals surface area contributed by atoms with Gasteiger partial charge in [-0.15, -0.1) is 0 Å². The summed E-state index contributed by atoms with van der Waals surface area (Å²) < 4.78 is 23.4. The number of hydrogen-bond donors (Lipinski definition) is 3. The van der Waals surface area contributed by atoms with Crippen LogP contribution in [0.15, 0.2) is 57.6 Å². The van der Waals surface area contributed by atoms with E-state index in [9.17, 15) is 19.1 Å². The van der Waals surface area contributed by atoms with E-state index in [0.29, 0.717) is 28.5 Å². The van der Waals surface area contributed by atoms with Crippen LogP contribution in [-0.4, -0.2) is 32.4 Å². The van der Waals surface area contributed by atoms with Crippen LogP contribution in [0.1, 0.15) is 35.0 Å². The van der Waals surface area contributed by atoms with E-state index in [1.54, 1.807) is 38.1 Å². The summed E-state index contributed by atoms with van der Waals surface area (Å²) in [7, 11) is 0. The maximum absolute atomic E-state index is 13.2. The van der Waals surface area contributed by atoms with E-state index in [0.717, 1.165) is 0 Å². The lowest BCUT2D eigenvalue weighted by Crippen LogP contribution is -2.31. The van der Waals surface area contributed by atoms with Crippen LogP contribution in [0.5, 0.6) is 0 Å². The van der Waals surface area contributed by atoms with Crippen molar-refractivity contribution in [2.45, 2.75) is 19.9 Å². The number of benzene rings is 2. The first-order chi connectivity index (χ1) is 15.8. The number of amides is 2. The molecule has 33 heavy (non-hydrogen) atoms. The average molecular weight is 451 g/mol. The van der Waals surface area contributed by atoms with Crippen molar-refractivity contribution in [2.75, 3.05) is 5.32 Å². The first-order valence-electron chi connectivity index (χ1n) is 9.79. The number of hydrogen-bond acceptors (Lipinski definition) is 7. The molecule has 0 aliphatic heterocycles. The highest BCUT2D eigenvalue weighted by atomic mass is 19.1. The van der Waals surface area contributed by atoms with Crippen molar-refractivity contribution in [3.8, 4) is 22.6 Å². The topological polar surface area (TPSA) is 143 Å². The molecule has 4 aromatic rings.